The van der Waals surface area contributed by atoms with Crippen LogP contribution in [0, 0.1) is 0 Å². The number of hydrogen-bond acceptors (Lipinski definition) is 18. The number of nitrogens with one attached hydrogen (secondary N) is 1. The third kappa shape index (κ3) is 32.9. The minimum Gasteiger partial charge on any atom is -0.394 e. The highest BCUT2D eigenvalue weighted by Crippen LogP contribution is 2.33. The summed E-state index contributed by atoms with van der Waals surface area (Å²) in [5.74, 6) is -0.339. The average molecular weight is 1260 g/mol. The fourth-order valence-electron chi connectivity index (χ4n) is 10.1. The molecule has 506 valence electrons. The van der Waals surface area contributed by atoms with Gasteiger partial charge >= 0.3 is 0 Å². The third-order valence-electron chi connectivity index (χ3n) is 15.4. The van der Waals surface area contributed by atoms with Gasteiger partial charge in [0.15, 0.2) is 18.9 Å². The van der Waals surface area contributed by atoms with Gasteiger partial charge in [0.2, 0.25) is 5.91 Å². The van der Waals surface area contributed by atoms with Gasteiger partial charge in [-0.05, 0) is 109 Å². The molecule has 0 saturated carbocycles. The summed E-state index contributed by atoms with van der Waals surface area (Å²) in [5, 5.41) is 120. The summed E-state index contributed by atoms with van der Waals surface area (Å²) in [5.41, 5.74) is 0. The molecule has 1 amide bonds. The van der Waals surface area contributed by atoms with Gasteiger partial charge in [-0.1, -0.05) is 186 Å². The number of unbranched alkanes of at least 4 members (excludes halogenated alkanes) is 11. The van der Waals surface area contributed by atoms with Crippen LogP contribution in [0.3, 0.4) is 0 Å². The zero-order valence-electron chi connectivity index (χ0n) is 53.1. The molecule has 0 aromatic heterocycles. The van der Waals surface area contributed by atoms with Gasteiger partial charge in [-0.15, -0.1) is 0 Å². The van der Waals surface area contributed by atoms with Crippen LogP contribution in [-0.2, 0) is 33.2 Å². The Morgan fingerprint density at radius 1 is 0.416 bits per heavy atom. The Hall–Kier alpha value is -4.07. The molecular formula is C70H113NO18. The van der Waals surface area contributed by atoms with E-state index >= 15 is 0 Å². The molecule has 17 atom stereocenters. The van der Waals surface area contributed by atoms with E-state index in [2.05, 4.69) is 141 Å². The molecule has 89 heavy (non-hydrogen) atoms. The molecule has 12 N–H and O–H groups in total. The van der Waals surface area contributed by atoms with E-state index in [1.165, 1.54) is 44.9 Å². The Bertz CT molecular complexity index is 2130. The minimum absolute atomic E-state index is 0.167. The smallest absolute Gasteiger partial charge is 0.220 e. The number of rotatable bonds is 47. The topological polar surface area (TPSA) is 307 Å². The van der Waals surface area contributed by atoms with Gasteiger partial charge in [-0.25, -0.2) is 0 Å². The van der Waals surface area contributed by atoms with Crippen molar-refractivity contribution in [1.82, 2.24) is 5.32 Å². The van der Waals surface area contributed by atoms with Crippen LogP contribution in [0.1, 0.15) is 168 Å². The van der Waals surface area contributed by atoms with Gasteiger partial charge in [0.25, 0.3) is 0 Å². The maximum absolute atomic E-state index is 13.4. The minimum atomic E-state index is -1.99. The number of allylic oxidation sites excluding steroid dienone is 21. The van der Waals surface area contributed by atoms with Crippen LogP contribution in [0.25, 0.3) is 0 Å². The normalized spacial score (nSPS) is 29.1. The van der Waals surface area contributed by atoms with Crippen molar-refractivity contribution in [2.45, 2.75) is 272 Å². The Balaban J connectivity index is 1.49. The molecule has 3 rings (SSSR count). The van der Waals surface area contributed by atoms with Gasteiger partial charge in [0.1, 0.15) is 73.2 Å². The van der Waals surface area contributed by atoms with Gasteiger partial charge in [0, 0.05) is 6.42 Å². The van der Waals surface area contributed by atoms with E-state index in [0.29, 0.717) is 12.8 Å². The summed E-state index contributed by atoms with van der Waals surface area (Å²) in [6.07, 6.45) is 42.8. The lowest BCUT2D eigenvalue weighted by Gasteiger charge is -2.48. The molecule has 3 saturated heterocycles. The molecule has 17 unspecified atom stereocenters. The number of carbonyl (C=O) groups excluding carboxylic acids is 1. The predicted octanol–water partition coefficient (Wildman–Crippen LogP) is 7.82. The molecule has 0 aromatic rings. The van der Waals surface area contributed by atoms with Crippen LogP contribution in [0.2, 0.25) is 0 Å². The van der Waals surface area contributed by atoms with Gasteiger partial charge < -0.3 is 89.9 Å². The highest BCUT2D eigenvalue weighted by Gasteiger charge is 2.53. The fraction of sp³-hybridized carbons (Fsp3) is 0.671. The second kappa shape index (κ2) is 50.5. The van der Waals surface area contributed by atoms with E-state index in [-0.39, 0.29) is 12.3 Å². The second-order valence-electron chi connectivity index (χ2n) is 22.8. The molecule has 0 aromatic carbocycles. The first-order valence-electron chi connectivity index (χ1n) is 32.9. The molecule has 3 aliphatic heterocycles. The first-order chi connectivity index (χ1) is 43.3. The monoisotopic (exact) mass is 1260 g/mol. The first kappa shape index (κ1) is 79.2. The third-order valence-corrected chi connectivity index (χ3v) is 15.4. The van der Waals surface area contributed by atoms with E-state index in [4.69, 9.17) is 28.4 Å². The average Bonchev–Trinajstić information content (AvgIpc) is 2.46. The maximum Gasteiger partial charge on any atom is 0.220 e. The van der Waals surface area contributed by atoms with Crippen LogP contribution in [-0.4, -0.2) is 193 Å². The Kier molecular flexibility index (Phi) is 44.9. The highest BCUT2D eigenvalue weighted by molar-refractivity contribution is 5.76. The van der Waals surface area contributed by atoms with Crippen molar-refractivity contribution in [2.24, 2.45) is 0 Å². The van der Waals surface area contributed by atoms with Crippen molar-refractivity contribution in [3.8, 4) is 0 Å². The highest BCUT2D eigenvalue weighted by atomic mass is 16.8. The van der Waals surface area contributed by atoms with E-state index in [9.17, 15) is 61.0 Å². The second-order valence-corrected chi connectivity index (χ2v) is 22.8. The molecule has 0 aliphatic carbocycles. The Morgan fingerprint density at radius 2 is 0.787 bits per heavy atom. The van der Waals surface area contributed by atoms with E-state index in [1.54, 1.807) is 6.08 Å². The van der Waals surface area contributed by atoms with Crippen LogP contribution in [0.15, 0.2) is 134 Å². The van der Waals surface area contributed by atoms with Crippen LogP contribution >= 0.6 is 0 Å². The largest absolute Gasteiger partial charge is 0.394 e. The first-order valence-corrected chi connectivity index (χ1v) is 32.9. The van der Waals surface area contributed by atoms with Crippen molar-refractivity contribution in [3.05, 3.63) is 134 Å². The summed E-state index contributed by atoms with van der Waals surface area (Å²) in [4.78, 5) is 13.4. The summed E-state index contributed by atoms with van der Waals surface area (Å²) >= 11 is 0. The zero-order valence-corrected chi connectivity index (χ0v) is 53.1. The van der Waals surface area contributed by atoms with E-state index in [0.717, 1.165) is 89.9 Å². The lowest BCUT2D eigenvalue weighted by atomic mass is 9.96. The van der Waals surface area contributed by atoms with Gasteiger partial charge in [0.05, 0.1) is 38.6 Å². The number of aliphatic hydroxyl groups is 11. The molecule has 0 bridgehead atoms. The summed E-state index contributed by atoms with van der Waals surface area (Å²) < 4.78 is 34.2. The van der Waals surface area contributed by atoms with Crippen LogP contribution in [0.5, 0.6) is 0 Å². The number of carbonyl (C=O) groups is 1. The molecule has 0 radical (unpaired) electrons. The SMILES string of the molecule is CC/C=C\C/C=C\C/C=C\C/C=C\C/C=C\C/C=C\C/C=C\C/C=C\CCCCC(=O)NC(COC1OC(CO)C(OC2OC(CO)C(OC3OC(CO)C(O)C(O)C3O)C(O)C2O)C(O)C1O)C(O)/C=C/CC/C=C/CC/C=C/CCCCCCCCC. The standard InChI is InChI=1S/C70H113NO18/c1-3-5-7-9-11-13-15-17-19-21-22-23-24-25-26-27-28-29-30-32-34-36-38-40-42-44-46-48-58(76)71-53(54(75)47-45-43-41-39-37-35-33-31-20-18-16-14-12-10-8-6-4-2)52-84-68-64(82)61(79)66(56(50-73)86-68)89-70-65(83)62(80)67(57(51-74)87-70)88-69-63(81)60(78)59(77)55(49-72)85-69/h5,7,11,13,17,19-20,22-23,25-26,28-29,31-32,34,37-40,45,47,53-57,59-70,72-75,77-83H,3-4,6,8-10,12,14-16,18,21,24,27,30,33,35-36,41-44,46,48-52H2,1-2H3,(H,71,76)/b7-5-,13-11-,19-17-,23-22-,26-25-,29-28-,31-20+,34-32-,39-37+,40-38-,47-45+. The number of amides is 1. The van der Waals surface area contributed by atoms with Crippen molar-refractivity contribution < 1.29 is 89.4 Å². The molecule has 19 nitrogen and oxygen atoms in total. The molecule has 0 spiro atoms. The molecule has 19 heteroatoms. The molecule has 3 heterocycles. The zero-order chi connectivity index (χ0) is 64.7. The van der Waals surface area contributed by atoms with Crippen LogP contribution < -0.4 is 5.32 Å². The number of aliphatic hydroxyl groups excluding tert-OH is 11. The van der Waals surface area contributed by atoms with Gasteiger partial charge in [-0.3, -0.25) is 4.79 Å². The van der Waals surface area contributed by atoms with Crippen molar-refractivity contribution >= 4 is 5.91 Å². The van der Waals surface area contributed by atoms with Crippen molar-refractivity contribution in [1.29, 1.82) is 0 Å². The van der Waals surface area contributed by atoms with Crippen molar-refractivity contribution in [3.63, 3.8) is 0 Å². The van der Waals surface area contributed by atoms with E-state index in [1.807, 2.05) is 6.08 Å². The molecular weight excluding hydrogens is 1140 g/mol. The number of ether oxygens (including phenoxy) is 6. The fourth-order valence-corrected chi connectivity index (χ4v) is 10.1. The lowest BCUT2D eigenvalue weighted by Crippen LogP contribution is -2.66. The van der Waals surface area contributed by atoms with Gasteiger partial charge in [-0.2, -0.15) is 0 Å². The lowest BCUT2D eigenvalue weighted by molar-refractivity contribution is -0.379. The van der Waals surface area contributed by atoms with Crippen molar-refractivity contribution in [2.75, 3.05) is 26.4 Å². The van der Waals surface area contributed by atoms with E-state index < -0.39 is 131 Å². The summed E-state index contributed by atoms with van der Waals surface area (Å²) in [7, 11) is 0. The molecule has 3 aliphatic rings. The quantitative estimate of drug-likeness (QED) is 0.0204. The molecule has 3 fully saturated rings. The maximum atomic E-state index is 13.4. The Morgan fingerprint density at radius 3 is 1.26 bits per heavy atom. The van der Waals surface area contributed by atoms with Crippen LogP contribution in [0.4, 0.5) is 0 Å². The predicted molar refractivity (Wildman–Crippen MR) is 346 cm³/mol. The summed E-state index contributed by atoms with van der Waals surface area (Å²) in [6.45, 7) is 1.51. The number of hydrogen-bond donors (Lipinski definition) is 12. The summed E-state index contributed by atoms with van der Waals surface area (Å²) in [6, 6.07) is -1.03. The Labute approximate surface area is 530 Å².